The molecule has 0 unspecified atom stereocenters. The fourth-order valence-electron chi connectivity index (χ4n) is 2.92. The first-order valence-electron chi connectivity index (χ1n) is 8.22. The van der Waals surface area contributed by atoms with Crippen molar-refractivity contribution in [3.8, 4) is 0 Å². The number of nitrogens with zero attached hydrogens (tertiary/aromatic N) is 2. The number of carbonyl (C=O) groups excluding carboxylic acids is 1. The summed E-state index contributed by atoms with van der Waals surface area (Å²) in [6.07, 6.45) is 6.97. The van der Waals surface area contributed by atoms with Crippen LogP contribution >= 0.6 is 0 Å². The summed E-state index contributed by atoms with van der Waals surface area (Å²) in [4.78, 5) is 14.3. The summed E-state index contributed by atoms with van der Waals surface area (Å²) < 4.78 is 5.82. The molecule has 23 heavy (non-hydrogen) atoms. The molecule has 2 heterocycles. The Morgan fingerprint density at radius 1 is 1.26 bits per heavy atom. The number of H-pyrrole nitrogens is 1. The number of aromatic amines is 1. The second-order valence-electron chi connectivity index (χ2n) is 5.96. The minimum atomic E-state index is 0.141. The van der Waals surface area contributed by atoms with Crippen LogP contribution in [-0.2, 0) is 22.4 Å². The fraction of sp³-hybridized carbons (Fsp3) is 0.444. The van der Waals surface area contributed by atoms with Crippen LogP contribution in [0.4, 0.5) is 0 Å². The van der Waals surface area contributed by atoms with Gasteiger partial charge in [-0.2, -0.15) is 5.10 Å². The van der Waals surface area contributed by atoms with Crippen molar-refractivity contribution in [2.75, 3.05) is 19.7 Å². The van der Waals surface area contributed by atoms with Gasteiger partial charge in [-0.1, -0.05) is 30.3 Å². The first-order valence-corrected chi connectivity index (χ1v) is 8.22. The van der Waals surface area contributed by atoms with Crippen LogP contribution < -0.4 is 0 Å². The number of amides is 1. The average molecular weight is 313 g/mol. The van der Waals surface area contributed by atoms with Crippen molar-refractivity contribution in [3.63, 3.8) is 0 Å². The van der Waals surface area contributed by atoms with Gasteiger partial charge in [-0.25, -0.2) is 0 Å². The first-order chi connectivity index (χ1) is 11.3. The van der Waals surface area contributed by atoms with Gasteiger partial charge in [0.15, 0.2) is 0 Å². The molecule has 5 nitrogen and oxygen atoms in total. The molecule has 5 heteroatoms. The maximum atomic E-state index is 12.4. The van der Waals surface area contributed by atoms with Gasteiger partial charge in [-0.3, -0.25) is 9.89 Å². The summed E-state index contributed by atoms with van der Waals surface area (Å²) in [5, 5.41) is 6.69. The first kappa shape index (κ1) is 15.7. The number of rotatable bonds is 6. The number of aromatic nitrogens is 2. The number of carbonyl (C=O) groups is 1. The summed E-state index contributed by atoms with van der Waals surface area (Å²) in [7, 11) is 0. The lowest BCUT2D eigenvalue weighted by Gasteiger charge is -2.33. The van der Waals surface area contributed by atoms with E-state index in [2.05, 4.69) is 34.5 Å². The van der Waals surface area contributed by atoms with Gasteiger partial charge in [-0.15, -0.1) is 0 Å². The van der Waals surface area contributed by atoms with Gasteiger partial charge in [-0.05, 0) is 30.4 Å². The van der Waals surface area contributed by atoms with E-state index in [1.165, 1.54) is 5.56 Å². The lowest BCUT2D eigenvalue weighted by atomic mass is 10.1. The van der Waals surface area contributed by atoms with E-state index in [-0.39, 0.29) is 12.0 Å². The third kappa shape index (κ3) is 4.66. The SMILES string of the molecule is O=C(CCc1cn[nH]c1)N1CCO[C@H](CCc2ccccc2)C1. The highest BCUT2D eigenvalue weighted by molar-refractivity contribution is 5.76. The number of morpholine rings is 1. The van der Waals surface area contributed by atoms with Gasteiger partial charge in [0, 0.05) is 25.7 Å². The molecular formula is C18H23N3O2. The largest absolute Gasteiger partial charge is 0.375 e. The smallest absolute Gasteiger partial charge is 0.223 e. The van der Waals surface area contributed by atoms with Crippen molar-refractivity contribution in [2.24, 2.45) is 0 Å². The number of benzene rings is 1. The van der Waals surface area contributed by atoms with E-state index in [9.17, 15) is 4.79 Å². The van der Waals surface area contributed by atoms with E-state index in [0.717, 1.165) is 24.8 Å². The standard InChI is InChI=1S/C18H23N3O2/c22-18(9-7-16-12-19-20-13-16)21-10-11-23-17(14-21)8-6-15-4-2-1-3-5-15/h1-5,12-13,17H,6-11,14H2,(H,19,20)/t17-/m1/s1. The van der Waals surface area contributed by atoms with Crippen LogP contribution in [0.5, 0.6) is 0 Å². The Balaban J connectivity index is 1.44. The molecule has 1 aliphatic rings. The lowest BCUT2D eigenvalue weighted by Crippen LogP contribution is -2.45. The van der Waals surface area contributed by atoms with Crippen molar-refractivity contribution < 1.29 is 9.53 Å². The van der Waals surface area contributed by atoms with Gasteiger partial charge >= 0.3 is 0 Å². The van der Waals surface area contributed by atoms with Crippen LogP contribution in [0, 0.1) is 0 Å². The van der Waals surface area contributed by atoms with Crippen molar-refractivity contribution in [3.05, 3.63) is 53.9 Å². The molecule has 1 N–H and O–H groups in total. The highest BCUT2D eigenvalue weighted by Gasteiger charge is 2.23. The molecule has 1 aliphatic heterocycles. The molecule has 1 aromatic carbocycles. The monoisotopic (exact) mass is 313 g/mol. The Morgan fingerprint density at radius 2 is 2.13 bits per heavy atom. The molecule has 3 rings (SSSR count). The van der Waals surface area contributed by atoms with E-state index >= 15 is 0 Å². The van der Waals surface area contributed by atoms with Gasteiger partial charge in [0.1, 0.15) is 0 Å². The molecule has 1 atom stereocenters. The Morgan fingerprint density at radius 3 is 2.91 bits per heavy atom. The van der Waals surface area contributed by atoms with Crippen LogP contribution in [0.2, 0.25) is 0 Å². The molecule has 0 radical (unpaired) electrons. The molecule has 0 saturated carbocycles. The fourth-order valence-corrected chi connectivity index (χ4v) is 2.92. The van der Waals surface area contributed by atoms with Crippen LogP contribution in [0.1, 0.15) is 24.0 Å². The summed E-state index contributed by atoms with van der Waals surface area (Å²) in [6.45, 7) is 2.04. The molecule has 1 saturated heterocycles. The molecule has 0 spiro atoms. The molecule has 1 fully saturated rings. The zero-order valence-electron chi connectivity index (χ0n) is 13.3. The highest BCUT2D eigenvalue weighted by Crippen LogP contribution is 2.14. The van der Waals surface area contributed by atoms with Gasteiger partial charge in [0.2, 0.25) is 5.91 Å². The minimum Gasteiger partial charge on any atom is -0.375 e. The van der Waals surface area contributed by atoms with E-state index < -0.39 is 0 Å². The second kappa shape index (κ2) is 7.92. The van der Waals surface area contributed by atoms with E-state index in [1.807, 2.05) is 17.2 Å². The predicted molar refractivity (Wildman–Crippen MR) is 88.0 cm³/mol. The quantitative estimate of drug-likeness (QED) is 0.889. The summed E-state index contributed by atoms with van der Waals surface area (Å²) in [5.41, 5.74) is 2.40. The Labute approximate surface area is 136 Å². The zero-order chi connectivity index (χ0) is 15.9. The second-order valence-corrected chi connectivity index (χ2v) is 5.96. The Hall–Kier alpha value is -2.14. The summed E-state index contributed by atoms with van der Waals surface area (Å²) >= 11 is 0. The molecule has 0 aliphatic carbocycles. The predicted octanol–water partition coefficient (Wildman–Crippen LogP) is 2.20. The number of hydrogen-bond acceptors (Lipinski definition) is 3. The molecule has 122 valence electrons. The topological polar surface area (TPSA) is 58.2 Å². The molecule has 1 amide bonds. The van der Waals surface area contributed by atoms with Crippen LogP contribution in [0.3, 0.4) is 0 Å². The van der Waals surface area contributed by atoms with Crippen molar-refractivity contribution in [2.45, 2.75) is 31.8 Å². The van der Waals surface area contributed by atoms with Crippen LogP contribution in [0.25, 0.3) is 0 Å². The summed E-state index contributed by atoms with van der Waals surface area (Å²) in [5.74, 6) is 0.208. The normalized spacial score (nSPS) is 18.1. The molecular weight excluding hydrogens is 290 g/mol. The van der Waals surface area contributed by atoms with Gasteiger partial charge < -0.3 is 9.64 Å². The summed E-state index contributed by atoms with van der Waals surface area (Å²) in [6, 6.07) is 10.4. The van der Waals surface area contributed by atoms with Gasteiger partial charge in [0.25, 0.3) is 0 Å². The van der Waals surface area contributed by atoms with Crippen molar-refractivity contribution >= 4 is 5.91 Å². The highest BCUT2D eigenvalue weighted by atomic mass is 16.5. The van der Waals surface area contributed by atoms with Crippen LogP contribution in [0.15, 0.2) is 42.7 Å². The lowest BCUT2D eigenvalue weighted by molar-refractivity contribution is -0.138. The van der Waals surface area contributed by atoms with Crippen LogP contribution in [-0.4, -0.2) is 46.8 Å². The Bertz CT molecular complexity index is 598. The number of ether oxygens (including phenoxy) is 1. The molecule has 0 bridgehead atoms. The van der Waals surface area contributed by atoms with Crippen molar-refractivity contribution in [1.29, 1.82) is 0 Å². The van der Waals surface area contributed by atoms with E-state index in [4.69, 9.17) is 4.74 Å². The zero-order valence-corrected chi connectivity index (χ0v) is 13.3. The van der Waals surface area contributed by atoms with E-state index in [0.29, 0.717) is 26.1 Å². The maximum absolute atomic E-state index is 12.4. The van der Waals surface area contributed by atoms with E-state index in [1.54, 1.807) is 6.20 Å². The molecule has 1 aromatic heterocycles. The maximum Gasteiger partial charge on any atom is 0.223 e. The number of nitrogens with one attached hydrogen (secondary N) is 1. The Kier molecular flexibility index (Phi) is 5.42. The molecule has 2 aromatic rings. The third-order valence-corrected chi connectivity index (χ3v) is 4.27. The number of hydrogen-bond donors (Lipinski definition) is 1. The van der Waals surface area contributed by atoms with Crippen molar-refractivity contribution in [1.82, 2.24) is 15.1 Å². The number of aryl methyl sites for hydroxylation is 2. The minimum absolute atomic E-state index is 0.141. The third-order valence-electron chi connectivity index (χ3n) is 4.27. The average Bonchev–Trinajstić information content (AvgIpc) is 3.12. The van der Waals surface area contributed by atoms with Gasteiger partial charge in [0.05, 0.1) is 18.9 Å².